The van der Waals surface area contributed by atoms with Gasteiger partial charge < -0.3 is 14.4 Å². The summed E-state index contributed by atoms with van der Waals surface area (Å²) in [5.41, 5.74) is 0.350. The molecule has 0 amide bonds. The first-order chi connectivity index (χ1) is 9.56. The summed E-state index contributed by atoms with van der Waals surface area (Å²) >= 11 is 5.85. The average molecular weight is 294 g/mol. The fourth-order valence-electron chi connectivity index (χ4n) is 1.68. The number of benzene rings is 1. The van der Waals surface area contributed by atoms with Crippen molar-refractivity contribution in [2.45, 2.75) is 13.2 Å². The molecule has 6 heteroatoms. The van der Waals surface area contributed by atoms with Crippen molar-refractivity contribution in [3.05, 3.63) is 63.5 Å². The molecule has 0 aliphatic heterocycles. The summed E-state index contributed by atoms with van der Waals surface area (Å²) in [5, 5.41) is 9.29. The van der Waals surface area contributed by atoms with Crippen molar-refractivity contribution in [2.24, 2.45) is 0 Å². The maximum Gasteiger partial charge on any atom is 0.323 e. The number of aromatic nitrogens is 1. The molecule has 0 fully saturated rings. The Balaban J connectivity index is 2.14. The maximum absolute atomic E-state index is 11.9. The molecule has 2 rings (SSSR count). The van der Waals surface area contributed by atoms with Crippen LogP contribution in [0.3, 0.4) is 0 Å². The van der Waals surface area contributed by atoms with E-state index in [1.165, 1.54) is 12.3 Å². The Kier molecular flexibility index (Phi) is 4.42. The molecule has 0 atom stereocenters. The number of carboxylic acids is 1. The summed E-state index contributed by atoms with van der Waals surface area (Å²) in [6.45, 7) is -0.208. The quantitative estimate of drug-likeness (QED) is 0.917. The lowest BCUT2D eigenvalue weighted by atomic mass is 10.2. The fraction of sp³-hybridized carbons (Fsp3) is 0.143. The molecule has 5 nitrogen and oxygen atoms in total. The Bertz CT molecular complexity index is 681. The summed E-state index contributed by atoms with van der Waals surface area (Å²) in [4.78, 5) is 22.6. The van der Waals surface area contributed by atoms with E-state index >= 15 is 0 Å². The van der Waals surface area contributed by atoms with Gasteiger partial charge in [-0.05, 0) is 29.8 Å². The van der Waals surface area contributed by atoms with Gasteiger partial charge in [-0.15, -0.1) is 0 Å². The molecule has 104 valence electrons. The van der Waals surface area contributed by atoms with Gasteiger partial charge in [0.1, 0.15) is 13.2 Å². The van der Waals surface area contributed by atoms with E-state index in [2.05, 4.69) is 0 Å². The van der Waals surface area contributed by atoms with Gasteiger partial charge in [0.15, 0.2) is 5.75 Å². The molecule has 0 unspecified atom stereocenters. The molecule has 1 N–H and O–H groups in total. The number of pyridine rings is 1. The van der Waals surface area contributed by atoms with Crippen LogP contribution in [0.25, 0.3) is 0 Å². The van der Waals surface area contributed by atoms with Gasteiger partial charge in [-0.3, -0.25) is 9.59 Å². The molecule has 2 aromatic rings. The molecule has 0 bridgehead atoms. The van der Waals surface area contributed by atoms with Gasteiger partial charge in [-0.1, -0.05) is 23.7 Å². The standard InChI is InChI=1S/C14H12ClNO4/c15-11-4-1-3-10(7-11)9-20-12-5-2-6-16(14(12)19)8-13(17)18/h1-7H,8-9H2,(H,17,18). The predicted octanol–water partition coefficient (Wildman–Crippen LogP) is 2.17. The molecule has 1 heterocycles. The van der Waals surface area contributed by atoms with Gasteiger partial charge in [-0.2, -0.15) is 0 Å². The molecule has 0 saturated carbocycles. The fourth-order valence-corrected chi connectivity index (χ4v) is 1.90. The molecule has 1 aromatic heterocycles. The van der Waals surface area contributed by atoms with Crippen LogP contribution in [0.1, 0.15) is 5.56 Å². The third kappa shape index (κ3) is 3.61. The highest BCUT2D eigenvalue weighted by Gasteiger charge is 2.07. The molecule has 0 radical (unpaired) electrons. The molecule has 0 spiro atoms. The first kappa shape index (κ1) is 14.1. The highest BCUT2D eigenvalue weighted by atomic mass is 35.5. The van der Waals surface area contributed by atoms with Crippen molar-refractivity contribution in [2.75, 3.05) is 0 Å². The minimum Gasteiger partial charge on any atom is -0.483 e. The number of rotatable bonds is 5. The monoisotopic (exact) mass is 293 g/mol. The summed E-state index contributed by atoms with van der Waals surface area (Å²) < 4.78 is 6.49. The Hall–Kier alpha value is -2.27. The first-order valence-corrected chi connectivity index (χ1v) is 6.22. The number of ether oxygens (including phenoxy) is 1. The second kappa shape index (κ2) is 6.25. The normalized spacial score (nSPS) is 10.2. The molecular weight excluding hydrogens is 282 g/mol. The summed E-state index contributed by atoms with van der Waals surface area (Å²) in [7, 11) is 0. The summed E-state index contributed by atoms with van der Waals surface area (Å²) in [6.07, 6.45) is 1.41. The first-order valence-electron chi connectivity index (χ1n) is 5.85. The smallest absolute Gasteiger partial charge is 0.323 e. The lowest BCUT2D eigenvalue weighted by Gasteiger charge is -2.08. The van der Waals surface area contributed by atoms with Crippen molar-refractivity contribution in [3.8, 4) is 5.75 Å². The molecule has 0 saturated heterocycles. The number of aliphatic carboxylic acids is 1. The highest BCUT2D eigenvalue weighted by Crippen LogP contribution is 2.12. The number of halogens is 1. The van der Waals surface area contributed by atoms with Crippen LogP contribution in [-0.4, -0.2) is 15.6 Å². The van der Waals surface area contributed by atoms with Crippen molar-refractivity contribution in [3.63, 3.8) is 0 Å². The van der Waals surface area contributed by atoms with Gasteiger partial charge in [-0.25, -0.2) is 0 Å². The van der Waals surface area contributed by atoms with Crippen LogP contribution in [0.2, 0.25) is 5.02 Å². The SMILES string of the molecule is O=C(O)Cn1cccc(OCc2cccc(Cl)c2)c1=O. The Labute approximate surface area is 120 Å². The van der Waals surface area contributed by atoms with Crippen LogP contribution in [-0.2, 0) is 17.9 Å². The summed E-state index contributed by atoms with van der Waals surface area (Å²) in [5.74, 6) is -0.979. The number of hydrogen-bond acceptors (Lipinski definition) is 3. The number of hydrogen-bond donors (Lipinski definition) is 1. The molecule has 0 aliphatic rings. The number of nitrogens with zero attached hydrogens (tertiary/aromatic N) is 1. The van der Waals surface area contributed by atoms with Crippen molar-refractivity contribution >= 4 is 17.6 Å². The largest absolute Gasteiger partial charge is 0.483 e. The van der Waals surface area contributed by atoms with E-state index in [0.717, 1.165) is 10.1 Å². The van der Waals surface area contributed by atoms with Crippen molar-refractivity contribution < 1.29 is 14.6 Å². The maximum atomic E-state index is 11.9. The number of carboxylic acid groups (broad SMARTS) is 1. The second-order valence-electron chi connectivity index (χ2n) is 4.12. The molecular formula is C14H12ClNO4. The minimum absolute atomic E-state index is 0.105. The van der Waals surface area contributed by atoms with E-state index in [-0.39, 0.29) is 12.4 Å². The molecule has 0 aliphatic carbocycles. The van der Waals surface area contributed by atoms with Gasteiger partial charge in [0, 0.05) is 11.2 Å². The van der Waals surface area contributed by atoms with Gasteiger partial charge in [0.2, 0.25) is 0 Å². The zero-order valence-electron chi connectivity index (χ0n) is 10.5. The van der Waals surface area contributed by atoms with Gasteiger partial charge in [0.25, 0.3) is 5.56 Å². The van der Waals surface area contributed by atoms with E-state index < -0.39 is 18.1 Å². The zero-order valence-corrected chi connectivity index (χ0v) is 11.2. The zero-order chi connectivity index (χ0) is 14.5. The predicted molar refractivity (Wildman–Crippen MR) is 74.1 cm³/mol. The second-order valence-corrected chi connectivity index (χ2v) is 4.55. The van der Waals surface area contributed by atoms with E-state index in [9.17, 15) is 9.59 Å². The van der Waals surface area contributed by atoms with Crippen LogP contribution < -0.4 is 10.3 Å². The van der Waals surface area contributed by atoms with Crippen molar-refractivity contribution in [1.82, 2.24) is 4.57 Å². The highest BCUT2D eigenvalue weighted by molar-refractivity contribution is 6.30. The topological polar surface area (TPSA) is 68.5 Å². The van der Waals surface area contributed by atoms with Crippen LogP contribution in [0.15, 0.2) is 47.4 Å². The molecule has 1 aromatic carbocycles. The molecule has 20 heavy (non-hydrogen) atoms. The third-order valence-electron chi connectivity index (χ3n) is 2.57. The third-order valence-corrected chi connectivity index (χ3v) is 2.81. The van der Waals surface area contributed by atoms with E-state index in [4.69, 9.17) is 21.4 Å². The number of carbonyl (C=O) groups is 1. The van der Waals surface area contributed by atoms with Crippen LogP contribution >= 0.6 is 11.6 Å². The van der Waals surface area contributed by atoms with E-state index in [1.54, 1.807) is 24.3 Å². The Morgan fingerprint density at radius 2 is 2.10 bits per heavy atom. The summed E-state index contributed by atoms with van der Waals surface area (Å²) in [6, 6.07) is 10.2. The van der Waals surface area contributed by atoms with Gasteiger partial charge in [0.05, 0.1) is 0 Å². The van der Waals surface area contributed by atoms with Crippen molar-refractivity contribution in [1.29, 1.82) is 0 Å². The Morgan fingerprint density at radius 3 is 2.80 bits per heavy atom. The van der Waals surface area contributed by atoms with Crippen LogP contribution in [0, 0.1) is 0 Å². The Morgan fingerprint density at radius 1 is 1.30 bits per heavy atom. The minimum atomic E-state index is -1.08. The van der Waals surface area contributed by atoms with Crippen LogP contribution in [0.5, 0.6) is 5.75 Å². The van der Waals surface area contributed by atoms with E-state index in [1.807, 2.05) is 6.07 Å². The van der Waals surface area contributed by atoms with E-state index in [0.29, 0.717) is 5.02 Å². The lowest BCUT2D eigenvalue weighted by Crippen LogP contribution is -2.24. The van der Waals surface area contributed by atoms with Gasteiger partial charge >= 0.3 is 5.97 Å². The van der Waals surface area contributed by atoms with Crippen LogP contribution in [0.4, 0.5) is 0 Å². The lowest BCUT2D eigenvalue weighted by molar-refractivity contribution is -0.137. The average Bonchev–Trinajstić information content (AvgIpc) is 2.39.